The number of hydrogen-bond donors (Lipinski definition) is 2. The number of carbonyl (C=O) groups is 1. The third-order valence-corrected chi connectivity index (χ3v) is 4.84. The number of anilines is 1. The number of aromatic nitrogens is 1. The number of methoxy groups -OCH3 is 1. The van der Waals surface area contributed by atoms with Crippen LogP contribution >= 0.6 is 0 Å². The molecule has 2 N–H and O–H groups in total. The highest BCUT2D eigenvalue weighted by Crippen LogP contribution is 2.25. The van der Waals surface area contributed by atoms with Crippen LogP contribution in [-0.2, 0) is 11.8 Å². The summed E-state index contributed by atoms with van der Waals surface area (Å²) in [4.78, 5) is 13.9. The number of nitrogens with zero attached hydrogens (tertiary/aromatic N) is 1. The Balaban J connectivity index is 1.69. The Kier molecular flexibility index (Phi) is 4.90. The molecule has 1 aliphatic rings. The highest BCUT2D eigenvalue weighted by molar-refractivity contribution is 5.93. The molecule has 3 rings (SSSR count). The molecule has 5 heteroatoms. The monoisotopic (exact) mass is 328 g/mol. The van der Waals surface area contributed by atoms with Crippen molar-refractivity contribution in [1.82, 2.24) is 4.57 Å². The molecule has 1 aromatic heterocycles. The maximum Gasteiger partial charge on any atom is 0.279 e. The molecule has 2 aromatic rings. The third kappa shape index (κ3) is 3.46. The summed E-state index contributed by atoms with van der Waals surface area (Å²) >= 11 is 0. The number of quaternary nitrogens is 1. The van der Waals surface area contributed by atoms with Crippen LogP contribution in [0.2, 0.25) is 0 Å². The number of aryl methyl sites for hydroxylation is 2. The molecule has 2 heterocycles. The van der Waals surface area contributed by atoms with Gasteiger partial charge < -0.3 is 19.5 Å². The van der Waals surface area contributed by atoms with E-state index in [4.69, 9.17) is 4.74 Å². The van der Waals surface area contributed by atoms with Crippen molar-refractivity contribution in [2.75, 3.05) is 25.5 Å². The van der Waals surface area contributed by atoms with Crippen LogP contribution < -0.4 is 15.0 Å². The van der Waals surface area contributed by atoms with E-state index < -0.39 is 0 Å². The van der Waals surface area contributed by atoms with Gasteiger partial charge in [-0.05, 0) is 36.8 Å². The first kappa shape index (κ1) is 16.6. The van der Waals surface area contributed by atoms with Crippen LogP contribution in [0.3, 0.4) is 0 Å². The first-order chi connectivity index (χ1) is 11.6. The number of likely N-dealkylation sites (tertiary alicyclic amines) is 1. The molecule has 0 saturated carbocycles. The number of nitrogens with one attached hydrogen (secondary N) is 2. The summed E-state index contributed by atoms with van der Waals surface area (Å²) in [7, 11) is 3.69. The molecule has 1 fully saturated rings. The molecule has 1 unspecified atom stereocenters. The lowest BCUT2D eigenvalue weighted by Crippen LogP contribution is -3.11. The lowest BCUT2D eigenvalue weighted by molar-refractivity contribution is -0.910. The SMILES string of the molecule is COc1ccc(C)cc1NC(=O)C[NH+]1CCC[C@H]1c1cccn1C. The average Bonchev–Trinajstić information content (AvgIpc) is 3.16. The molecule has 1 aliphatic heterocycles. The molecule has 24 heavy (non-hydrogen) atoms. The summed E-state index contributed by atoms with van der Waals surface area (Å²) in [6.45, 7) is 3.52. The highest BCUT2D eigenvalue weighted by atomic mass is 16.5. The Bertz CT molecular complexity index is 723. The van der Waals surface area contributed by atoms with Crippen LogP contribution in [0.15, 0.2) is 36.5 Å². The second-order valence-corrected chi connectivity index (χ2v) is 6.58. The van der Waals surface area contributed by atoms with Gasteiger partial charge in [-0.25, -0.2) is 0 Å². The molecule has 0 aliphatic carbocycles. The van der Waals surface area contributed by atoms with Gasteiger partial charge in [-0.3, -0.25) is 4.79 Å². The normalized spacial score (nSPS) is 20.1. The Labute approximate surface area is 143 Å². The molecule has 0 spiro atoms. The van der Waals surface area contributed by atoms with E-state index in [0.29, 0.717) is 18.3 Å². The predicted molar refractivity (Wildman–Crippen MR) is 94.4 cm³/mol. The van der Waals surface area contributed by atoms with Crippen molar-refractivity contribution in [3.63, 3.8) is 0 Å². The Morgan fingerprint density at radius 2 is 2.25 bits per heavy atom. The van der Waals surface area contributed by atoms with Gasteiger partial charge in [-0.15, -0.1) is 0 Å². The maximum absolute atomic E-state index is 12.6. The number of ether oxygens (including phenoxy) is 1. The standard InChI is InChI=1S/C19H25N3O2/c1-14-8-9-18(24-3)15(12-14)20-19(23)13-22-11-5-7-17(22)16-6-4-10-21(16)2/h4,6,8-10,12,17H,5,7,11,13H2,1-3H3,(H,20,23)/p+1/t17-/m0/s1. The quantitative estimate of drug-likeness (QED) is 0.878. The van der Waals surface area contributed by atoms with Gasteiger partial charge in [0.15, 0.2) is 6.54 Å². The van der Waals surface area contributed by atoms with Gasteiger partial charge >= 0.3 is 0 Å². The summed E-state index contributed by atoms with van der Waals surface area (Å²) in [5, 5.41) is 3.02. The van der Waals surface area contributed by atoms with E-state index >= 15 is 0 Å². The second kappa shape index (κ2) is 7.09. The molecule has 1 aromatic carbocycles. The Morgan fingerprint density at radius 1 is 1.42 bits per heavy atom. The first-order valence-electron chi connectivity index (χ1n) is 8.49. The van der Waals surface area contributed by atoms with Gasteiger partial charge in [0.25, 0.3) is 5.91 Å². The number of rotatable bonds is 5. The van der Waals surface area contributed by atoms with Crippen molar-refractivity contribution in [1.29, 1.82) is 0 Å². The molecule has 5 nitrogen and oxygen atoms in total. The fourth-order valence-corrected chi connectivity index (χ4v) is 3.64. The van der Waals surface area contributed by atoms with Crippen LogP contribution in [0.25, 0.3) is 0 Å². The molecule has 0 bridgehead atoms. The smallest absolute Gasteiger partial charge is 0.279 e. The minimum atomic E-state index is 0.0370. The van der Waals surface area contributed by atoms with Gasteiger partial charge in [-0.2, -0.15) is 0 Å². The van der Waals surface area contributed by atoms with Crippen molar-refractivity contribution in [3.05, 3.63) is 47.8 Å². The van der Waals surface area contributed by atoms with E-state index in [9.17, 15) is 4.79 Å². The lowest BCUT2D eigenvalue weighted by atomic mass is 10.1. The first-order valence-corrected chi connectivity index (χ1v) is 8.49. The maximum atomic E-state index is 12.6. The predicted octanol–water partition coefficient (Wildman–Crippen LogP) is 1.70. The van der Waals surface area contributed by atoms with Crippen molar-refractivity contribution < 1.29 is 14.4 Å². The highest BCUT2D eigenvalue weighted by Gasteiger charge is 2.33. The van der Waals surface area contributed by atoms with E-state index in [0.717, 1.165) is 30.6 Å². The Hall–Kier alpha value is -2.27. The van der Waals surface area contributed by atoms with Gasteiger partial charge in [0.2, 0.25) is 0 Å². The average molecular weight is 328 g/mol. The van der Waals surface area contributed by atoms with Crippen molar-refractivity contribution in [3.8, 4) is 5.75 Å². The summed E-state index contributed by atoms with van der Waals surface area (Å²) < 4.78 is 7.51. The zero-order valence-corrected chi connectivity index (χ0v) is 14.6. The number of amides is 1. The molecular weight excluding hydrogens is 302 g/mol. The largest absolute Gasteiger partial charge is 0.495 e. The molecule has 2 atom stereocenters. The second-order valence-electron chi connectivity index (χ2n) is 6.58. The minimum absolute atomic E-state index is 0.0370. The summed E-state index contributed by atoms with van der Waals surface area (Å²) in [5.41, 5.74) is 3.15. The Morgan fingerprint density at radius 3 is 2.96 bits per heavy atom. The molecule has 1 saturated heterocycles. The summed E-state index contributed by atoms with van der Waals surface area (Å²) in [5.74, 6) is 0.736. The van der Waals surface area contributed by atoms with E-state index in [1.54, 1.807) is 7.11 Å². The summed E-state index contributed by atoms with van der Waals surface area (Å²) in [6, 6.07) is 10.5. The van der Waals surface area contributed by atoms with Crippen LogP contribution in [0.1, 0.15) is 30.1 Å². The zero-order valence-electron chi connectivity index (χ0n) is 14.6. The number of carbonyl (C=O) groups excluding carboxylic acids is 1. The molecule has 1 amide bonds. The molecule has 0 radical (unpaired) electrons. The van der Waals surface area contributed by atoms with Crippen molar-refractivity contribution >= 4 is 11.6 Å². The fraction of sp³-hybridized carbons (Fsp3) is 0.421. The minimum Gasteiger partial charge on any atom is -0.495 e. The number of benzene rings is 1. The van der Waals surface area contributed by atoms with Crippen LogP contribution in [-0.4, -0.2) is 30.7 Å². The van der Waals surface area contributed by atoms with E-state index in [1.807, 2.05) is 25.1 Å². The van der Waals surface area contributed by atoms with E-state index in [1.165, 1.54) is 10.6 Å². The third-order valence-electron chi connectivity index (χ3n) is 4.84. The lowest BCUT2D eigenvalue weighted by Gasteiger charge is -2.22. The van der Waals surface area contributed by atoms with Crippen LogP contribution in [0.5, 0.6) is 5.75 Å². The van der Waals surface area contributed by atoms with Gasteiger partial charge in [0, 0.05) is 26.1 Å². The van der Waals surface area contributed by atoms with E-state index in [2.05, 4.69) is 35.3 Å². The summed E-state index contributed by atoms with van der Waals surface area (Å²) in [6.07, 6.45) is 4.36. The van der Waals surface area contributed by atoms with Crippen molar-refractivity contribution in [2.24, 2.45) is 7.05 Å². The zero-order chi connectivity index (χ0) is 17.1. The van der Waals surface area contributed by atoms with Gasteiger partial charge in [-0.1, -0.05) is 6.07 Å². The number of hydrogen-bond acceptors (Lipinski definition) is 2. The van der Waals surface area contributed by atoms with Crippen LogP contribution in [0.4, 0.5) is 5.69 Å². The molecular formula is C19H26N3O2+. The van der Waals surface area contributed by atoms with Gasteiger partial charge in [0.05, 0.1) is 25.0 Å². The van der Waals surface area contributed by atoms with Crippen LogP contribution in [0, 0.1) is 6.92 Å². The topological polar surface area (TPSA) is 47.7 Å². The fourth-order valence-electron chi connectivity index (χ4n) is 3.64. The van der Waals surface area contributed by atoms with E-state index in [-0.39, 0.29) is 5.91 Å². The molecule has 128 valence electrons. The van der Waals surface area contributed by atoms with Crippen molar-refractivity contribution in [2.45, 2.75) is 25.8 Å². The van der Waals surface area contributed by atoms with Gasteiger partial charge in [0.1, 0.15) is 11.8 Å².